The smallest absolute Gasteiger partial charge is 0.224 e. The first-order chi connectivity index (χ1) is 12.4. The zero-order chi connectivity index (χ0) is 20.8. The summed E-state index contributed by atoms with van der Waals surface area (Å²) in [4.78, 5) is 29.6. The summed E-state index contributed by atoms with van der Waals surface area (Å²) in [5.74, 6) is 0.0637. The molecule has 6 heteroatoms. The number of quaternary nitrogens is 1. The lowest BCUT2D eigenvalue weighted by molar-refractivity contribution is -0.857. The van der Waals surface area contributed by atoms with Crippen LogP contribution in [0.2, 0.25) is 0 Å². The minimum absolute atomic E-state index is 0.00526. The number of benzene rings is 1. The Hall–Kier alpha value is -2.08. The van der Waals surface area contributed by atoms with Crippen molar-refractivity contribution in [2.75, 3.05) is 51.5 Å². The van der Waals surface area contributed by atoms with Gasteiger partial charge < -0.3 is 20.0 Å². The number of nitrogens with zero attached hydrogens (tertiary/aromatic N) is 2. The van der Waals surface area contributed by atoms with Crippen LogP contribution in [-0.2, 0) is 16.1 Å². The molecule has 27 heavy (non-hydrogen) atoms. The first kappa shape index (κ1) is 23.0. The van der Waals surface area contributed by atoms with Gasteiger partial charge in [0.1, 0.15) is 0 Å². The predicted molar refractivity (Wildman–Crippen MR) is 112 cm³/mol. The molecule has 0 radical (unpaired) electrons. The fourth-order valence-corrected chi connectivity index (χ4v) is 2.83. The Morgan fingerprint density at radius 3 is 2.26 bits per heavy atom. The molecule has 6 nitrogen and oxygen atoms in total. The van der Waals surface area contributed by atoms with Crippen LogP contribution in [0.5, 0.6) is 0 Å². The molecule has 0 spiro atoms. The fraction of sp³-hybridized carbons (Fsp3) is 0.619. The quantitative estimate of drug-likeness (QED) is 0.724. The zero-order valence-corrected chi connectivity index (χ0v) is 18.3. The van der Waals surface area contributed by atoms with Crippen LogP contribution in [0.25, 0.3) is 0 Å². The van der Waals surface area contributed by atoms with Gasteiger partial charge in [0.15, 0.2) is 0 Å². The van der Waals surface area contributed by atoms with Crippen molar-refractivity contribution in [2.24, 2.45) is 5.41 Å². The summed E-state index contributed by atoms with van der Waals surface area (Å²) in [5, 5.41) is 2.99. The van der Waals surface area contributed by atoms with E-state index >= 15 is 0 Å². The first-order valence-corrected chi connectivity index (χ1v) is 9.53. The lowest BCUT2D eigenvalue weighted by Crippen LogP contribution is -3.06. The fourth-order valence-electron chi connectivity index (χ4n) is 2.83. The summed E-state index contributed by atoms with van der Waals surface area (Å²) in [6, 6.07) is 5.90. The van der Waals surface area contributed by atoms with Gasteiger partial charge in [0.25, 0.3) is 0 Å². The van der Waals surface area contributed by atoms with Gasteiger partial charge in [0, 0.05) is 45.4 Å². The Morgan fingerprint density at radius 2 is 1.78 bits per heavy atom. The molecular weight excluding hydrogens is 340 g/mol. The minimum Gasteiger partial charge on any atom is -0.377 e. The Labute approximate surface area is 164 Å². The number of nitrogens with one attached hydrogen (secondary N) is 2. The summed E-state index contributed by atoms with van der Waals surface area (Å²) in [5.41, 5.74) is 2.78. The summed E-state index contributed by atoms with van der Waals surface area (Å²) in [6.07, 6.45) is 0.461. The van der Waals surface area contributed by atoms with E-state index in [4.69, 9.17) is 0 Å². The average Bonchev–Trinajstić information content (AvgIpc) is 2.48. The molecule has 0 saturated carbocycles. The number of rotatable bonds is 8. The second kappa shape index (κ2) is 9.74. The molecule has 0 unspecified atom stereocenters. The number of hydrogen-bond donors (Lipinski definition) is 2. The van der Waals surface area contributed by atoms with E-state index in [1.54, 1.807) is 6.92 Å². The molecule has 0 saturated heterocycles. The highest BCUT2D eigenvalue weighted by Gasteiger charge is 2.18. The maximum Gasteiger partial charge on any atom is 0.224 e. The summed E-state index contributed by atoms with van der Waals surface area (Å²) in [6.45, 7) is 9.86. The van der Waals surface area contributed by atoms with Crippen molar-refractivity contribution in [3.63, 3.8) is 0 Å². The predicted octanol–water partition coefficient (Wildman–Crippen LogP) is 1.62. The highest BCUT2D eigenvalue weighted by Crippen LogP contribution is 2.26. The zero-order valence-electron chi connectivity index (χ0n) is 18.3. The van der Waals surface area contributed by atoms with Crippen molar-refractivity contribution in [1.29, 1.82) is 0 Å². The van der Waals surface area contributed by atoms with E-state index in [1.165, 1.54) is 4.90 Å². The molecule has 1 aromatic rings. The van der Waals surface area contributed by atoms with Crippen LogP contribution in [0.4, 0.5) is 11.4 Å². The number of anilines is 2. The summed E-state index contributed by atoms with van der Waals surface area (Å²) < 4.78 is 0. The lowest BCUT2D eigenvalue weighted by Gasteiger charge is -2.26. The van der Waals surface area contributed by atoms with E-state index in [2.05, 4.69) is 19.4 Å². The molecule has 2 amide bonds. The molecule has 0 aliphatic heterocycles. The topological polar surface area (TPSA) is 57.1 Å². The third-order valence-electron chi connectivity index (χ3n) is 4.22. The van der Waals surface area contributed by atoms with Crippen LogP contribution in [0.3, 0.4) is 0 Å². The summed E-state index contributed by atoms with van der Waals surface area (Å²) in [7, 11) is 8.13. The number of likely N-dealkylation sites (N-methyl/N-ethyl adjacent to an activating group) is 1. The van der Waals surface area contributed by atoms with Gasteiger partial charge >= 0.3 is 0 Å². The molecule has 1 aromatic carbocycles. The van der Waals surface area contributed by atoms with Crippen molar-refractivity contribution in [2.45, 2.75) is 40.7 Å². The third-order valence-corrected chi connectivity index (χ3v) is 4.22. The molecule has 0 aromatic heterocycles. The standard InChI is InChI=1S/C21H36N4O2/c1-16(26)25(12-11-23(5)6)15-17-13-18(9-10-19(17)24(7)8)22-20(27)14-21(2,3)4/h9-10,13H,11-12,14-15H2,1-8H3,(H,22,27)/p+1. The first-order valence-electron chi connectivity index (χ1n) is 9.53. The van der Waals surface area contributed by atoms with Crippen LogP contribution in [-0.4, -0.2) is 58.0 Å². The van der Waals surface area contributed by atoms with Gasteiger partial charge in [-0.1, -0.05) is 20.8 Å². The minimum atomic E-state index is -0.0591. The van der Waals surface area contributed by atoms with Crippen molar-refractivity contribution >= 4 is 23.2 Å². The second-order valence-corrected chi connectivity index (χ2v) is 8.92. The monoisotopic (exact) mass is 377 g/mol. The van der Waals surface area contributed by atoms with Gasteiger partial charge in [-0.05, 0) is 29.2 Å². The normalized spacial score (nSPS) is 11.4. The number of carbonyl (C=O) groups excluding carboxylic acids is 2. The van der Waals surface area contributed by atoms with E-state index in [0.717, 1.165) is 23.5 Å². The van der Waals surface area contributed by atoms with Gasteiger partial charge in [0.2, 0.25) is 11.8 Å². The van der Waals surface area contributed by atoms with Crippen molar-refractivity contribution in [3.8, 4) is 0 Å². The van der Waals surface area contributed by atoms with E-state index in [9.17, 15) is 9.59 Å². The number of amides is 2. The van der Waals surface area contributed by atoms with Gasteiger partial charge in [-0.25, -0.2) is 0 Å². The molecule has 0 bridgehead atoms. The maximum absolute atomic E-state index is 12.3. The van der Waals surface area contributed by atoms with Crippen LogP contribution >= 0.6 is 0 Å². The van der Waals surface area contributed by atoms with Gasteiger partial charge in [0.05, 0.1) is 27.2 Å². The maximum atomic E-state index is 12.3. The van der Waals surface area contributed by atoms with Crippen molar-refractivity contribution in [1.82, 2.24) is 4.90 Å². The van der Waals surface area contributed by atoms with E-state index in [0.29, 0.717) is 19.5 Å². The van der Waals surface area contributed by atoms with Crippen molar-refractivity contribution < 1.29 is 14.5 Å². The second-order valence-electron chi connectivity index (χ2n) is 8.92. The van der Waals surface area contributed by atoms with Crippen LogP contribution < -0.4 is 15.1 Å². The van der Waals surface area contributed by atoms with Crippen LogP contribution in [0.1, 0.15) is 39.7 Å². The van der Waals surface area contributed by atoms with E-state index in [-0.39, 0.29) is 17.2 Å². The largest absolute Gasteiger partial charge is 0.377 e. The van der Waals surface area contributed by atoms with Gasteiger partial charge in [-0.2, -0.15) is 0 Å². The Morgan fingerprint density at radius 1 is 1.15 bits per heavy atom. The Balaban J connectivity index is 3.04. The summed E-state index contributed by atoms with van der Waals surface area (Å²) >= 11 is 0. The van der Waals surface area contributed by atoms with Gasteiger partial charge in [-0.3, -0.25) is 9.59 Å². The molecule has 0 fully saturated rings. The molecule has 152 valence electrons. The SMILES string of the molecule is CC(=O)N(CC[NH+](C)C)Cc1cc(NC(=O)CC(C)(C)C)ccc1N(C)C. The van der Waals surface area contributed by atoms with Crippen LogP contribution in [0, 0.1) is 5.41 Å². The third kappa shape index (κ3) is 8.43. The van der Waals surface area contributed by atoms with Gasteiger partial charge in [-0.15, -0.1) is 0 Å². The highest BCUT2D eigenvalue weighted by molar-refractivity contribution is 5.91. The number of carbonyl (C=O) groups is 2. The Kier molecular flexibility index (Phi) is 8.28. The number of hydrogen-bond acceptors (Lipinski definition) is 3. The molecule has 0 atom stereocenters. The van der Waals surface area contributed by atoms with Crippen LogP contribution in [0.15, 0.2) is 18.2 Å². The van der Waals surface area contributed by atoms with E-state index < -0.39 is 0 Å². The Bertz CT molecular complexity index is 648. The molecule has 0 aliphatic carbocycles. The molecule has 2 N–H and O–H groups in total. The molecule has 1 rings (SSSR count). The van der Waals surface area contributed by atoms with Crippen molar-refractivity contribution in [3.05, 3.63) is 23.8 Å². The molecular formula is C21H37N4O2+. The van der Waals surface area contributed by atoms with E-state index in [1.807, 2.05) is 62.9 Å². The lowest BCUT2D eigenvalue weighted by atomic mass is 9.92. The highest BCUT2D eigenvalue weighted by atomic mass is 16.2. The molecule has 0 heterocycles. The average molecular weight is 378 g/mol. The molecule has 0 aliphatic rings.